The van der Waals surface area contributed by atoms with Crippen LogP contribution in [0.1, 0.15) is 37.9 Å². The van der Waals surface area contributed by atoms with Crippen molar-refractivity contribution in [2.75, 3.05) is 13.2 Å². The molecule has 2 saturated heterocycles. The number of aliphatic hydroxyl groups excluding tert-OH is 1. The largest absolute Gasteiger partial charge is 0.508 e. The van der Waals surface area contributed by atoms with Crippen LogP contribution in [0.15, 0.2) is 29.2 Å². The molecule has 9 heteroatoms. The van der Waals surface area contributed by atoms with Crippen molar-refractivity contribution < 1.29 is 29.5 Å². The Balaban J connectivity index is 1.73. The zero-order valence-corrected chi connectivity index (χ0v) is 16.8. The number of phenolic OH excluding ortho intramolecular Hbond substituents is 1. The Morgan fingerprint density at radius 3 is 2.69 bits per heavy atom. The molecule has 2 amide bonds. The lowest BCUT2D eigenvalue weighted by Gasteiger charge is -2.42. The van der Waals surface area contributed by atoms with E-state index in [-0.39, 0.29) is 30.6 Å². The van der Waals surface area contributed by atoms with Crippen molar-refractivity contribution in [3.63, 3.8) is 0 Å². The first-order valence-electron chi connectivity index (χ1n) is 9.87. The SMILES string of the molecule is CCCN1C(=O)[C@H]2[C@H](CC(CO)=C3B(O)O[C@H](c4ccc(O)cc4Cl)C[C@H]32)C1=O. The zero-order valence-electron chi connectivity index (χ0n) is 16.0. The van der Waals surface area contributed by atoms with Gasteiger partial charge in [0.2, 0.25) is 11.8 Å². The highest BCUT2D eigenvalue weighted by atomic mass is 35.5. The van der Waals surface area contributed by atoms with Gasteiger partial charge in [0, 0.05) is 11.6 Å². The Morgan fingerprint density at radius 1 is 1.28 bits per heavy atom. The van der Waals surface area contributed by atoms with Gasteiger partial charge in [0.1, 0.15) is 5.75 Å². The van der Waals surface area contributed by atoms with Crippen LogP contribution in [0.4, 0.5) is 0 Å². The van der Waals surface area contributed by atoms with E-state index in [9.17, 15) is 24.8 Å². The minimum atomic E-state index is -1.30. The second-order valence-electron chi connectivity index (χ2n) is 7.91. The van der Waals surface area contributed by atoms with Gasteiger partial charge in [0.25, 0.3) is 0 Å². The molecule has 0 aromatic heterocycles. The number of aromatic hydroxyl groups is 1. The summed E-state index contributed by atoms with van der Waals surface area (Å²) in [4.78, 5) is 27.3. The topological polar surface area (TPSA) is 107 Å². The summed E-state index contributed by atoms with van der Waals surface area (Å²) < 4.78 is 5.79. The Kier molecular flexibility index (Phi) is 5.46. The van der Waals surface area contributed by atoms with Gasteiger partial charge >= 0.3 is 7.12 Å². The zero-order chi connectivity index (χ0) is 20.9. The van der Waals surface area contributed by atoms with Gasteiger partial charge < -0.3 is 19.9 Å². The van der Waals surface area contributed by atoms with E-state index in [0.717, 1.165) is 0 Å². The average molecular weight is 420 g/mol. The summed E-state index contributed by atoms with van der Waals surface area (Å²) in [6.07, 6.45) is 0.670. The number of hydrogen-bond acceptors (Lipinski definition) is 6. The lowest BCUT2D eigenvalue weighted by atomic mass is 9.55. The van der Waals surface area contributed by atoms with Crippen molar-refractivity contribution in [2.24, 2.45) is 17.8 Å². The number of hydrogen-bond donors (Lipinski definition) is 3. The van der Waals surface area contributed by atoms with Gasteiger partial charge in [-0.25, -0.2) is 0 Å². The van der Waals surface area contributed by atoms with E-state index in [0.29, 0.717) is 41.0 Å². The van der Waals surface area contributed by atoms with E-state index < -0.39 is 31.0 Å². The van der Waals surface area contributed by atoms with Crippen molar-refractivity contribution in [3.05, 3.63) is 39.8 Å². The molecule has 1 aromatic rings. The molecule has 0 radical (unpaired) electrons. The number of carbonyl (C=O) groups excluding carboxylic acids is 2. The van der Waals surface area contributed by atoms with Crippen molar-refractivity contribution in [2.45, 2.75) is 32.3 Å². The molecule has 0 unspecified atom stereocenters. The first-order chi connectivity index (χ1) is 13.9. The third-order valence-electron chi connectivity index (χ3n) is 6.27. The smallest absolute Gasteiger partial charge is 0.487 e. The number of aliphatic hydroxyl groups is 1. The second kappa shape index (κ2) is 7.76. The molecule has 0 spiro atoms. The van der Waals surface area contributed by atoms with E-state index in [1.165, 1.54) is 17.0 Å². The van der Waals surface area contributed by atoms with Gasteiger partial charge in [-0.3, -0.25) is 14.5 Å². The number of rotatable bonds is 4. The van der Waals surface area contributed by atoms with Crippen LogP contribution in [-0.2, 0) is 14.2 Å². The molecule has 2 heterocycles. The van der Waals surface area contributed by atoms with Gasteiger partial charge in [-0.2, -0.15) is 0 Å². The second-order valence-corrected chi connectivity index (χ2v) is 8.31. The van der Waals surface area contributed by atoms with Crippen LogP contribution in [0.25, 0.3) is 0 Å². The van der Waals surface area contributed by atoms with Gasteiger partial charge in [-0.05, 0) is 53.9 Å². The Labute approximate surface area is 174 Å². The van der Waals surface area contributed by atoms with Crippen molar-refractivity contribution in [1.29, 1.82) is 0 Å². The molecule has 1 aromatic carbocycles. The molecule has 2 aliphatic heterocycles. The molecule has 154 valence electrons. The molecule has 0 bridgehead atoms. The minimum absolute atomic E-state index is 0.0164. The van der Waals surface area contributed by atoms with E-state index >= 15 is 0 Å². The highest BCUT2D eigenvalue weighted by molar-refractivity contribution is 6.53. The van der Waals surface area contributed by atoms with Crippen molar-refractivity contribution in [1.82, 2.24) is 4.90 Å². The molecule has 2 fully saturated rings. The third-order valence-corrected chi connectivity index (χ3v) is 6.60. The molecular weight excluding hydrogens is 396 g/mol. The van der Waals surface area contributed by atoms with Crippen LogP contribution in [0.5, 0.6) is 5.75 Å². The van der Waals surface area contributed by atoms with Crippen molar-refractivity contribution in [3.8, 4) is 5.75 Å². The fourth-order valence-corrected chi connectivity index (χ4v) is 5.34. The number of fused-ring (bicyclic) bond motifs is 3. The molecule has 3 N–H and O–H groups in total. The summed E-state index contributed by atoms with van der Waals surface area (Å²) >= 11 is 6.27. The van der Waals surface area contributed by atoms with Gasteiger partial charge in [-0.1, -0.05) is 24.6 Å². The van der Waals surface area contributed by atoms with Crippen LogP contribution >= 0.6 is 11.6 Å². The molecule has 7 nitrogen and oxygen atoms in total. The summed E-state index contributed by atoms with van der Waals surface area (Å²) in [5, 5.41) is 30.5. The van der Waals surface area contributed by atoms with Crippen LogP contribution < -0.4 is 0 Å². The maximum absolute atomic E-state index is 13.1. The number of imide groups is 1. The van der Waals surface area contributed by atoms with Crippen LogP contribution in [0.2, 0.25) is 5.02 Å². The Bertz CT molecular complexity index is 890. The van der Waals surface area contributed by atoms with E-state index in [4.69, 9.17) is 16.3 Å². The average Bonchev–Trinajstić information content (AvgIpc) is 2.92. The molecule has 4 rings (SSSR count). The van der Waals surface area contributed by atoms with E-state index in [1.807, 2.05) is 6.92 Å². The minimum Gasteiger partial charge on any atom is -0.508 e. The first kappa shape index (κ1) is 20.4. The number of likely N-dealkylation sites (tertiary alicyclic amines) is 1. The highest BCUT2D eigenvalue weighted by Crippen LogP contribution is 2.51. The fourth-order valence-electron chi connectivity index (χ4n) is 5.04. The van der Waals surface area contributed by atoms with Crippen LogP contribution in [0.3, 0.4) is 0 Å². The van der Waals surface area contributed by atoms with Gasteiger partial charge in [0.05, 0.1) is 24.5 Å². The third kappa shape index (κ3) is 3.28. The number of phenols is 1. The number of allylic oxidation sites excluding steroid dienone is 1. The quantitative estimate of drug-likeness (QED) is 0.508. The maximum atomic E-state index is 13.1. The number of amides is 2. The normalized spacial score (nSPS) is 29.4. The van der Waals surface area contributed by atoms with Gasteiger partial charge in [0.15, 0.2) is 0 Å². The van der Waals surface area contributed by atoms with Crippen LogP contribution in [-0.4, -0.2) is 52.2 Å². The van der Waals surface area contributed by atoms with Crippen LogP contribution in [0, 0.1) is 17.8 Å². The lowest BCUT2D eigenvalue weighted by molar-refractivity contribution is -0.140. The molecule has 3 aliphatic rings. The van der Waals surface area contributed by atoms with E-state index in [1.54, 1.807) is 6.07 Å². The molecule has 0 saturated carbocycles. The number of halogens is 1. The fraction of sp³-hybridized carbons (Fsp3) is 0.500. The standard InChI is InChI=1S/C20H23BClNO6/c1-2-5-23-19(26)14-6-10(9-24)18-13(17(14)20(23)27)8-16(29-21(18)28)12-4-3-11(25)7-15(12)22/h3-4,7,13-14,16-17,24-25,28H,2,5-6,8-9H2,1H3/t13-,14-,16-,17+/m0/s1. The summed E-state index contributed by atoms with van der Waals surface area (Å²) in [5.41, 5.74) is 1.68. The van der Waals surface area contributed by atoms with Crippen molar-refractivity contribution >= 4 is 30.5 Å². The Hall–Kier alpha value is -1.87. The van der Waals surface area contributed by atoms with E-state index in [2.05, 4.69) is 0 Å². The predicted molar refractivity (Wildman–Crippen MR) is 106 cm³/mol. The monoisotopic (exact) mass is 419 g/mol. The predicted octanol–water partition coefficient (Wildman–Crippen LogP) is 1.85. The lowest BCUT2D eigenvalue weighted by Crippen LogP contribution is -2.45. The number of nitrogens with zero attached hydrogens (tertiary/aromatic N) is 1. The summed E-state index contributed by atoms with van der Waals surface area (Å²) in [6.45, 7) is 1.98. The number of carbonyl (C=O) groups is 2. The molecule has 29 heavy (non-hydrogen) atoms. The summed E-state index contributed by atoms with van der Waals surface area (Å²) in [6, 6.07) is 4.51. The Morgan fingerprint density at radius 2 is 2.03 bits per heavy atom. The first-order valence-corrected chi connectivity index (χ1v) is 10.2. The summed E-state index contributed by atoms with van der Waals surface area (Å²) in [7, 11) is -1.30. The highest BCUT2D eigenvalue weighted by Gasteiger charge is 2.57. The maximum Gasteiger partial charge on any atom is 0.487 e. The number of benzene rings is 1. The van der Waals surface area contributed by atoms with Gasteiger partial charge in [-0.15, -0.1) is 0 Å². The molecule has 4 atom stereocenters. The molecular formula is C20H23BClNO6. The summed E-state index contributed by atoms with van der Waals surface area (Å²) in [5.74, 6) is -1.92. The molecule has 1 aliphatic carbocycles.